The number of amidine groups is 1. The Balaban J connectivity index is 2.05. The summed E-state index contributed by atoms with van der Waals surface area (Å²) in [5.74, 6) is 0.462. The molecule has 2 aromatic rings. The number of halogens is 4. The van der Waals surface area contributed by atoms with Gasteiger partial charge >= 0.3 is 0 Å². The number of alkyl halides is 2. The molecule has 0 spiro atoms. The van der Waals surface area contributed by atoms with E-state index in [1.165, 1.54) is 0 Å². The van der Waals surface area contributed by atoms with Crippen molar-refractivity contribution in [3.8, 4) is 0 Å². The molecule has 4 nitrogen and oxygen atoms in total. The SMILES string of the molecule is FCC(CCl)=NNC1=Nc2ccc(Cl)cc2C(c2ccccc2Cl)=NC1. The van der Waals surface area contributed by atoms with E-state index in [9.17, 15) is 4.39 Å². The molecule has 0 saturated carbocycles. The van der Waals surface area contributed by atoms with Crippen molar-refractivity contribution >= 4 is 57.7 Å². The Morgan fingerprint density at radius 2 is 1.96 bits per heavy atom. The Labute approximate surface area is 165 Å². The molecule has 0 amide bonds. The van der Waals surface area contributed by atoms with Gasteiger partial charge in [0.1, 0.15) is 12.5 Å². The van der Waals surface area contributed by atoms with Crippen molar-refractivity contribution in [1.29, 1.82) is 0 Å². The summed E-state index contributed by atoms with van der Waals surface area (Å²) in [6.07, 6.45) is 0. The highest BCUT2D eigenvalue weighted by molar-refractivity contribution is 6.36. The maximum atomic E-state index is 12.8. The van der Waals surface area contributed by atoms with E-state index in [0.717, 1.165) is 11.1 Å². The summed E-state index contributed by atoms with van der Waals surface area (Å²) in [5.41, 5.74) is 5.81. The fourth-order valence-corrected chi connectivity index (χ4v) is 2.93. The van der Waals surface area contributed by atoms with Crippen molar-refractivity contribution in [3.05, 3.63) is 63.6 Å². The van der Waals surface area contributed by atoms with Crippen molar-refractivity contribution in [2.24, 2.45) is 15.1 Å². The van der Waals surface area contributed by atoms with E-state index in [0.29, 0.717) is 27.3 Å². The summed E-state index contributed by atoms with van der Waals surface area (Å²) in [6.45, 7) is -0.512. The average Bonchev–Trinajstić information content (AvgIpc) is 2.82. The maximum absolute atomic E-state index is 12.8. The standard InChI is InChI=1S/C18H14Cl3FN4/c19-8-12(9-22)25-26-17-10-23-18(13-3-1-2-4-15(13)21)14-7-11(20)5-6-16(14)24-17/h1-7H,8-10H2,(H,24,26). The van der Waals surface area contributed by atoms with Crippen LogP contribution in [0.15, 0.2) is 57.6 Å². The topological polar surface area (TPSA) is 49.1 Å². The zero-order valence-corrected chi connectivity index (χ0v) is 15.8. The largest absolute Gasteiger partial charge is 0.276 e. The molecule has 0 saturated heterocycles. The molecule has 3 rings (SSSR count). The molecule has 134 valence electrons. The van der Waals surface area contributed by atoms with Crippen LogP contribution in [0.2, 0.25) is 10.0 Å². The first-order valence-electron chi connectivity index (χ1n) is 7.72. The monoisotopic (exact) mass is 410 g/mol. The van der Waals surface area contributed by atoms with Gasteiger partial charge in [0, 0.05) is 21.2 Å². The molecule has 0 unspecified atom stereocenters. The van der Waals surface area contributed by atoms with Crippen LogP contribution in [0.1, 0.15) is 11.1 Å². The molecular weight excluding hydrogens is 398 g/mol. The molecule has 26 heavy (non-hydrogen) atoms. The Morgan fingerprint density at radius 1 is 1.15 bits per heavy atom. The van der Waals surface area contributed by atoms with Gasteiger partial charge in [-0.15, -0.1) is 11.6 Å². The average molecular weight is 412 g/mol. The van der Waals surface area contributed by atoms with Crippen LogP contribution >= 0.6 is 34.8 Å². The molecule has 0 radical (unpaired) electrons. The highest BCUT2D eigenvalue weighted by Crippen LogP contribution is 2.30. The molecule has 8 heteroatoms. The van der Waals surface area contributed by atoms with Crippen LogP contribution in [0.5, 0.6) is 0 Å². The van der Waals surface area contributed by atoms with Crippen LogP contribution in [0.3, 0.4) is 0 Å². The Morgan fingerprint density at radius 3 is 2.69 bits per heavy atom. The Bertz CT molecular complexity index is 903. The number of hydrogen-bond donors (Lipinski definition) is 1. The lowest BCUT2D eigenvalue weighted by molar-refractivity contribution is 0.578. The number of hydrazone groups is 1. The minimum atomic E-state index is -0.732. The molecule has 1 aliphatic heterocycles. The lowest BCUT2D eigenvalue weighted by atomic mass is 10.0. The minimum Gasteiger partial charge on any atom is -0.276 e. The Hall–Kier alpha value is -1.95. The third-order valence-corrected chi connectivity index (χ3v) is 4.51. The summed E-state index contributed by atoms with van der Waals surface area (Å²) < 4.78 is 12.8. The van der Waals surface area contributed by atoms with Crippen LogP contribution < -0.4 is 5.43 Å². The third kappa shape index (κ3) is 4.23. The molecule has 0 bridgehead atoms. The second-order valence-corrected chi connectivity index (χ2v) is 6.53. The number of aliphatic imine (C=N–C) groups is 2. The fraction of sp³-hybridized carbons (Fsp3) is 0.167. The summed E-state index contributed by atoms with van der Waals surface area (Å²) in [5, 5.41) is 5.08. The summed E-state index contributed by atoms with van der Waals surface area (Å²) in [6, 6.07) is 12.7. The highest BCUT2D eigenvalue weighted by Gasteiger charge is 2.18. The van der Waals surface area contributed by atoms with E-state index in [1.54, 1.807) is 24.3 Å². The van der Waals surface area contributed by atoms with Crippen molar-refractivity contribution in [2.75, 3.05) is 19.1 Å². The fourth-order valence-electron chi connectivity index (χ4n) is 2.40. The number of hydrogen-bond acceptors (Lipinski definition) is 4. The second kappa shape index (κ2) is 8.62. The van der Waals surface area contributed by atoms with Gasteiger partial charge in [-0.3, -0.25) is 10.4 Å². The molecule has 1 N–H and O–H groups in total. The van der Waals surface area contributed by atoms with E-state index >= 15 is 0 Å². The van der Waals surface area contributed by atoms with Gasteiger partial charge in [-0.1, -0.05) is 41.4 Å². The molecule has 0 atom stereocenters. The van der Waals surface area contributed by atoms with Crippen LogP contribution in [-0.2, 0) is 0 Å². The van der Waals surface area contributed by atoms with E-state index in [4.69, 9.17) is 34.8 Å². The number of rotatable bonds is 4. The molecular formula is C18H14Cl3FN4. The lowest BCUT2D eigenvalue weighted by Gasteiger charge is -2.10. The van der Waals surface area contributed by atoms with Crippen molar-refractivity contribution in [2.45, 2.75) is 0 Å². The van der Waals surface area contributed by atoms with E-state index in [-0.39, 0.29) is 18.1 Å². The van der Waals surface area contributed by atoms with Crippen molar-refractivity contribution in [3.63, 3.8) is 0 Å². The highest BCUT2D eigenvalue weighted by atomic mass is 35.5. The predicted molar refractivity (Wildman–Crippen MR) is 108 cm³/mol. The van der Waals surface area contributed by atoms with Gasteiger partial charge in [0.25, 0.3) is 0 Å². The maximum Gasteiger partial charge on any atom is 0.144 e. The zero-order valence-electron chi connectivity index (χ0n) is 13.5. The zero-order chi connectivity index (χ0) is 18.5. The van der Waals surface area contributed by atoms with Gasteiger partial charge in [0.15, 0.2) is 0 Å². The number of nitrogens with one attached hydrogen (secondary N) is 1. The van der Waals surface area contributed by atoms with Gasteiger partial charge in [-0.25, -0.2) is 9.38 Å². The lowest BCUT2D eigenvalue weighted by Crippen LogP contribution is -2.23. The first-order valence-corrected chi connectivity index (χ1v) is 9.01. The normalized spacial score (nSPS) is 14.2. The first kappa shape index (κ1) is 18.8. The molecule has 0 fully saturated rings. The first-order chi connectivity index (χ1) is 12.6. The van der Waals surface area contributed by atoms with E-state index in [1.807, 2.05) is 18.2 Å². The van der Waals surface area contributed by atoms with Crippen LogP contribution in [0.25, 0.3) is 0 Å². The summed E-state index contributed by atoms with van der Waals surface area (Å²) in [4.78, 5) is 9.17. The van der Waals surface area contributed by atoms with E-state index in [2.05, 4.69) is 20.5 Å². The minimum absolute atomic E-state index is 0.00286. The molecule has 0 aliphatic carbocycles. The van der Waals surface area contributed by atoms with E-state index < -0.39 is 6.67 Å². The second-order valence-electron chi connectivity index (χ2n) is 5.42. The summed E-state index contributed by atoms with van der Waals surface area (Å²) >= 11 is 18.1. The van der Waals surface area contributed by atoms with Crippen LogP contribution in [0, 0.1) is 0 Å². The smallest absolute Gasteiger partial charge is 0.144 e. The van der Waals surface area contributed by atoms with Gasteiger partial charge in [-0.2, -0.15) is 5.10 Å². The molecule has 1 aliphatic rings. The van der Waals surface area contributed by atoms with Gasteiger partial charge in [0.05, 0.1) is 29.5 Å². The van der Waals surface area contributed by atoms with Crippen LogP contribution in [0.4, 0.5) is 10.1 Å². The molecule has 1 heterocycles. The number of fused-ring (bicyclic) bond motifs is 1. The van der Waals surface area contributed by atoms with Gasteiger partial charge < -0.3 is 0 Å². The van der Waals surface area contributed by atoms with Crippen molar-refractivity contribution in [1.82, 2.24) is 5.43 Å². The van der Waals surface area contributed by atoms with Gasteiger partial charge in [0.2, 0.25) is 0 Å². The third-order valence-electron chi connectivity index (χ3n) is 3.64. The quantitative estimate of drug-likeness (QED) is 0.428. The Kier molecular flexibility index (Phi) is 6.25. The van der Waals surface area contributed by atoms with Crippen molar-refractivity contribution < 1.29 is 4.39 Å². The van der Waals surface area contributed by atoms with Gasteiger partial charge in [-0.05, 0) is 24.3 Å². The predicted octanol–water partition coefficient (Wildman–Crippen LogP) is 5.03. The molecule has 2 aromatic carbocycles. The number of nitrogens with zero attached hydrogens (tertiary/aromatic N) is 3. The van der Waals surface area contributed by atoms with Crippen LogP contribution in [-0.4, -0.2) is 36.4 Å². The number of benzene rings is 2. The molecule has 0 aromatic heterocycles. The summed E-state index contributed by atoms with van der Waals surface area (Å²) in [7, 11) is 0.